The zero-order valence-electron chi connectivity index (χ0n) is 13.0. The molecular formula is C17H25ClN2O2. The van der Waals surface area contributed by atoms with Crippen molar-refractivity contribution in [2.45, 2.75) is 56.7 Å². The maximum atomic E-state index is 12.1. The van der Waals surface area contributed by atoms with Gasteiger partial charge in [0.25, 0.3) is 0 Å². The fourth-order valence-electron chi connectivity index (χ4n) is 3.53. The van der Waals surface area contributed by atoms with Gasteiger partial charge in [-0.1, -0.05) is 12.1 Å². The molecule has 5 heteroatoms. The van der Waals surface area contributed by atoms with Gasteiger partial charge >= 0.3 is 0 Å². The average Bonchev–Trinajstić information content (AvgIpc) is 2.84. The van der Waals surface area contributed by atoms with Crippen LogP contribution in [-0.4, -0.2) is 31.1 Å². The Labute approximate surface area is 138 Å². The first-order valence-corrected chi connectivity index (χ1v) is 7.91. The molecule has 2 aliphatic rings. The molecule has 0 aliphatic carbocycles. The number of hydrogen-bond donors (Lipinski definition) is 2. The van der Waals surface area contributed by atoms with Crippen molar-refractivity contribution < 1.29 is 9.53 Å². The molecule has 0 spiro atoms. The fourth-order valence-corrected chi connectivity index (χ4v) is 3.53. The van der Waals surface area contributed by atoms with Crippen LogP contribution < -0.4 is 15.4 Å². The Bertz CT molecular complexity index is 480. The maximum Gasteiger partial charge on any atom is 0.220 e. The van der Waals surface area contributed by atoms with E-state index in [-0.39, 0.29) is 18.3 Å². The summed E-state index contributed by atoms with van der Waals surface area (Å²) < 4.78 is 5.14. The van der Waals surface area contributed by atoms with Gasteiger partial charge in [0.2, 0.25) is 5.91 Å². The summed E-state index contributed by atoms with van der Waals surface area (Å²) in [5.41, 5.74) is 1.18. The van der Waals surface area contributed by atoms with E-state index in [2.05, 4.69) is 10.6 Å². The van der Waals surface area contributed by atoms with Gasteiger partial charge in [-0.15, -0.1) is 12.4 Å². The number of carbonyl (C=O) groups is 1. The Kier molecular flexibility index (Phi) is 6.09. The number of rotatable bonds is 5. The zero-order valence-corrected chi connectivity index (χ0v) is 13.8. The van der Waals surface area contributed by atoms with Crippen LogP contribution in [-0.2, 0) is 11.2 Å². The van der Waals surface area contributed by atoms with Crippen LogP contribution >= 0.6 is 12.4 Å². The van der Waals surface area contributed by atoms with Crippen LogP contribution in [0.1, 0.15) is 37.7 Å². The molecule has 2 N–H and O–H groups in total. The average molecular weight is 325 g/mol. The first-order valence-electron chi connectivity index (χ1n) is 7.91. The largest absolute Gasteiger partial charge is 0.497 e. The van der Waals surface area contributed by atoms with E-state index in [0.717, 1.165) is 25.0 Å². The summed E-state index contributed by atoms with van der Waals surface area (Å²) in [4.78, 5) is 12.1. The summed E-state index contributed by atoms with van der Waals surface area (Å²) in [6.45, 7) is 0. The second-order valence-electron chi connectivity index (χ2n) is 6.22. The Morgan fingerprint density at radius 3 is 2.45 bits per heavy atom. The molecule has 122 valence electrons. The quantitative estimate of drug-likeness (QED) is 0.874. The van der Waals surface area contributed by atoms with Gasteiger partial charge in [0, 0.05) is 24.5 Å². The van der Waals surface area contributed by atoms with E-state index in [0.29, 0.717) is 24.5 Å². The second-order valence-corrected chi connectivity index (χ2v) is 6.22. The predicted octanol–water partition coefficient (Wildman–Crippen LogP) is 2.45. The molecule has 1 amide bonds. The van der Waals surface area contributed by atoms with E-state index in [4.69, 9.17) is 4.74 Å². The lowest BCUT2D eigenvalue weighted by Gasteiger charge is -2.29. The van der Waals surface area contributed by atoms with Crippen LogP contribution in [0.15, 0.2) is 24.3 Å². The Hall–Kier alpha value is -1.26. The van der Waals surface area contributed by atoms with Crippen molar-refractivity contribution in [3.8, 4) is 5.75 Å². The topological polar surface area (TPSA) is 50.4 Å². The van der Waals surface area contributed by atoms with Gasteiger partial charge in [0.05, 0.1) is 7.11 Å². The molecule has 3 rings (SSSR count). The lowest BCUT2D eigenvalue weighted by molar-refractivity contribution is -0.122. The van der Waals surface area contributed by atoms with Crippen LogP contribution in [0.5, 0.6) is 5.75 Å². The first kappa shape index (κ1) is 17.1. The summed E-state index contributed by atoms with van der Waals surface area (Å²) in [6, 6.07) is 9.54. The van der Waals surface area contributed by atoms with E-state index in [1.54, 1.807) is 7.11 Å². The highest BCUT2D eigenvalue weighted by atomic mass is 35.5. The van der Waals surface area contributed by atoms with Crippen molar-refractivity contribution in [2.24, 2.45) is 0 Å². The Morgan fingerprint density at radius 2 is 1.86 bits per heavy atom. The number of piperidine rings is 1. The number of aryl methyl sites for hydroxylation is 1. The smallest absolute Gasteiger partial charge is 0.220 e. The van der Waals surface area contributed by atoms with Crippen LogP contribution in [0.4, 0.5) is 0 Å². The third-order valence-electron chi connectivity index (χ3n) is 4.64. The highest BCUT2D eigenvalue weighted by Gasteiger charge is 2.33. The molecule has 0 aromatic heterocycles. The fraction of sp³-hybridized carbons (Fsp3) is 0.588. The minimum atomic E-state index is 0. The molecule has 22 heavy (non-hydrogen) atoms. The molecule has 2 heterocycles. The maximum absolute atomic E-state index is 12.1. The number of fused-ring (bicyclic) bond motifs is 2. The number of benzene rings is 1. The third kappa shape index (κ3) is 4.37. The van der Waals surface area contributed by atoms with Gasteiger partial charge in [-0.05, 0) is 49.8 Å². The van der Waals surface area contributed by atoms with Crippen molar-refractivity contribution in [1.82, 2.24) is 10.6 Å². The molecule has 2 saturated heterocycles. The standard InChI is InChI=1S/C17H24N2O2.ClH/c1-21-16-7-2-12(3-8-16)4-9-17(20)19-15-10-13-5-6-14(11-15)18-13;/h2-3,7-8,13-15,18H,4-6,9-11H2,1H3,(H,19,20);1H. The molecule has 1 aromatic rings. The second kappa shape index (κ2) is 7.84. The molecule has 2 fully saturated rings. The lowest BCUT2D eigenvalue weighted by Crippen LogP contribution is -2.48. The van der Waals surface area contributed by atoms with E-state index in [9.17, 15) is 4.79 Å². The van der Waals surface area contributed by atoms with Crippen LogP contribution in [0.25, 0.3) is 0 Å². The Morgan fingerprint density at radius 1 is 1.23 bits per heavy atom. The number of ether oxygens (including phenoxy) is 1. The van der Waals surface area contributed by atoms with Crippen molar-refractivity contribution in [3.05, 3.63) is 29.8 Å². The normalized spacial score (nSPS) is 26.1. The highest BCUT2D eigenvalue weighted by molar-refractivity contribution is 5.85. The van der Waals surface area contributed by atoms with Crippen LogP contribution in [0, 0.1) is 0 Å². The van der Waals surface area contributed by atoms with Crippen molar-refractivity contribution in [2.75, 3.05) is 7.11 Å². The van der Waals surface area contributed by atoms with Gasteiger partial charge in [-0.3, -0.25) is 4.79 Å². The first-order chi connectivity index (χ1) is 10.2. The molecule has 4 nitrogen and oxygen atoms in total. The Balaban J connectivity index is 0.00000176. The zero-order chi connectivity index (χ0) is 14.7. The van der Waals surface area contributed by atoms with E-state index < -0.39 is 0 Å². The van der Waals surface area contributed by atoms with Crippen molar-refractivity contribution >= 4 is 18.3 Å². The third-order valence-corrected chi connectivity index (χ3v) is 4.64. The summed E-state index contributed by atoms with van der Waals surface area (Å²) in [5.74, 6) is 1.03. The van der Waals surface area contributed by atoms with Gasteiger partial charge in [0.15, 0.2) is 0 Å². The number of halogens is 1. The SMILES string of the molecule is COc1ccc(CCC(=O)NC2CC3CCC(C2)N3)cc1.Cl. The number of methoxy groups -OCH3 is 1. The summed E-state index contributed by atoms with van der Waals surface area (Å²) >= 11 is 0. The number of nitrogens with one attached hydrogen (secondary N) is 2. The van der Waals surface area contributed by atoms with Gasteiger partial charge in [-0.25, -0.2) is 0 Å². The van der Waals surface area contributed by atoms with Crippen molar-refractivity contribution in [3.63, 3.8) is 0 Å². The summed E-state index contributed by atoms with van der Waals surface area (Å²) in [5, 5.41) is 6.81. The molecule has 2 unspecified atom stereocenters. The monoisotopic (exact) mass is 324 g/mol. The van der Waals surface area contributed by atoms with Crippen molar-refractivity contribution in [1.29, 1.82) is 0 Å². The molecule has 1 aromatic carbocycles. The minimum absolute atomic E-state index is 0. The van der Waals surface area contributed by atoms with E-state index >= 15 is 0 Å². The lowest BCUT2D eigenvalue weighted by atomic mass is 9.99. The molecule has 2 aliphatic heterocycles. The predicted molar refractivity (Wildman–Crippen MR) is 89.7 cm³/mol. The van der Waals surface area contributed by atoms with Crippen LogP contribution in [0.3, 0.4) is 0 Å². The van der Waals surface area contributed by atoms with Gasteiger partial charge in [-0.2, -0.15) is 0 Å². The highest BCUT2D eigenvalue weighted by Crippen LogP contribution is 2.26. The van der Waals surface area contributed by atoms with Gasteiger partial charge < -0.3 is 15.4 Å². The number of carbonyl (C=O) groups excluding carboxylic acids is 1. The summed E-state index contributed by atoms with van der Waals surface area (Å²) in [7, 11) is 1.66. The molecule has 2 bridgehead atoms. The van der Waals surface area contributed by atoms with E-state index in [1.165, 1.54) is 18.4 Å². The molecular weight excluding hydrogens is 300 g/mol. The van der Waals surface area contributed by atoms with E-state index in [1.807, 2.05) is 24.3 Å². The molecule has 2 atom stereocenters. The molecule has 0 radical (unpaired) electrons. The van der Waals surface area contributed by atoms with Gasteiger partial charge in [0.1, 0.15) is 5.75 Å². The minimum Gasteiger partial charge on any atom is -0.497 e. The molecule has 0 saturated carbocycles. The summed E-state index contributed by atoms with van der Waals surface area (Å²) in [6.07, 6.45) is 6.06. The number of hydrogen-bond acceptors (Lipinski definition) is 3. The number of amides is 1. The van der Waals surface area contributed by atoms with Crippen LogP contribution in [0.2, 0.25) is 0 Å².